The highest BCUT2D eigenvalue weighted by Gasteiger charge is 2.23. The molecule has 2 rings (SSSR count). The van der Waals surface area contributed by atoms with Crippen LogP contribution in [0.5, 0.6) is 0 Å². The average Bonchev–Trinajstić information content (AvgIpc) is 2.34. The molecule has 19 heavy (non-hydrogen) atoms. The number of nitrogen functional groups attached to an aromatic ring is 1. The molecule has 1 aromatic carbocycles. The molecule has 0 aliphatic heterocycles. The van der Waals surface area contributed by atoms with Crippen molar-refractivity contribution in [2.45, 2.75) is 50.0 Å². The van der Waals surface area contributed by atoms with Crippen molar-refractivity contribution >= 4 is 31.6 Å². The molecule has 3 N–H and O–H groups in total. The van der Waals surface area contributed by atoms with Gasteiger partial charge >= 0.3 is 0 Å². The molecule has 0 unspecified atom stereocenters. The van der Waals surface area contributed by atoms with E-state index in [1.54, 1.807) is 13.0 Å². The van der Waals surface area contributed by atoms with Crippen molar-refractivity contribution in [3.8, 4) is 0 Å². The number of anilines is 1. The van der Waals surface area contributed by atoms with Gasteiger partial charge in [-0.2, -0.15) is 0 Å². The fourth-order valence-corrected chi connectivity index (χ4v) is 4.49. The lowest BCUT2D eigenvalue weighted by molar-refractivity contribution is 0.412. The van der Waals surface area contributed by atoms with Crippen molar-refractivity contribution in [1.82, 2.24) is 4.72 Å². The van der Waals surface area contributed by atoms with E-state index in [1.807, 2.05) is 0 Å². The number of hydrogen-bond acceptors (Lipinski definition) is 3. The summed E-state index contributed by atoms with van der Waals surface area (Å²) < 4.78 is 28.3. The predicted octanol–water partition coefficient (Wildman–Crippen LogP) is 2.95. The Labute approximate surface area is 122 Å². The Kier molecular flexibility index (Phi) is 4.53. The molecule has 1 aromatic rings. The lowest BCUT2D eigenvalue weighted by atomic mass is 9.96. The van der Waals surface area contributed by atoms with Gasteiger partial charge in [0.1, 0.15) is 0 Å². The van der Waals surface area contributed by atoms with Gasteiger partial charge in [0, 0.05) is 16.2 Å². The van der Waals surface area contributed by atoms with E-state index in [0.717, 1.165) is 30.2 Å². The molecule has 0 aromatic heterocycles. The molecule has 1 aliphatic rings. The number of halogens is 1. The predicted molar refractivity (Wildman–Crippen MR) is 80.5 cm³/mol. The van der Waals surface area contributed by atoms with E-state index in [1.165, 1.54) is 12.5 Å². The number of rotatable bonds is 3. The molecule has 0 amide bonds. The second kappa shape index (κ2) is 5.81. The van der Waals surface area contributed by atoms with Crippen LogP contribution in [0, 0.1) is 6.92 Å². The molecule has 0 bridgehead atoms. The molecule has 1 aliphatic carbocycles. The number of sulfonamides is 1. The van der Waals surface area contributed by atoms with Crippen LogP contribution in [0.3, 0.4) is 0 Å². The van der Waals surface area contributed by atoms with Crippen molar-refractivity contribution in [3.63, 3.8) is 0 Å². The molecule has 0 spiro atoms. The number of nitrogens with one attached hydrogen (secondary N) is 1. The molecule has 6 heteroatoms. The van der Waals surface area contributed by atoms with Gasteiger partial charge in [-0.3, -0.25) is 0 Å². The highest BCUT2D eigenvalue weighted by Crippen LogP contribution is 2.27. The minimum atomic E-state index is -3.48. The molecule has 0 heterocycles. The lowest BCUT2D eigenvalue weighted by Gasteiger charge is -2.23. The number of benzene rings is 1. The molecule has 0 radical (unpaired) electrons. The molecule has 1 fully saturated rings. The summed E-state index contributed by atoms with van der Waals surface area (Å²) >= 11 is 3.31. The average molecular weight is 347 g/mol. The third kappa shape index (κ3) is 3.49. The van der Waals surface area contributed by atoms with Gasteiger partial charge < -0.3 is 5.73 Å². The monoisotopic (exact) mass is 346 g/mol. The van der Waals surface area contributed by atoms with Gasteiger partial charge in [-0.1, -0.05) is 19.3 Å². The molecule has 0 saturated heterocycles. The van der Waals surface area contributed by atoms with E-state index >= 15 is 0 Å². The summed E-state index contributed by atoms with van der Waals surface area (Å²) in [5.74, 6) is 0. The Hall–Kier alpha value is -0.590. The van der Waals surface area contributed by atoms with E-state index < -0.39 is 10.0 Å². The fourth-order valence-electron chi connectivity index (χ4n) is 2.46. The first-order valence-electron chi connectivity index (χ1n) is 6.48. The van der Waals surface area contributed by atoms with Gasteiger partial charge in [0.15, 0.2) is 0 Å². The van der Waals surface area contributed by atoms with Crippen LogP contribution < -0.4 is 10.5 Å². The van der Waals surface area contributed by atoms with Crippen molar-refractivity contribution in [2.24, 2.45) is 0 Å². The van der Waals surface area contributed by atoms with E-state index in [4.69, 9.17) is 5.73 Å². The van der Waals surface area contributed by atoms with Crippen molar-refractivity contribution < 1.29 is 8.42 Å². The van der Waals surface area contributed by atoms with Crippen molar-refractivity contribution in [3.05, 3.63) is 22.2 Å². The van der Waals surface area contributed by atoms with Gasteiger partial charge in [-0.15, -0.1) is 0 Å². The van der Waals surface area contributed by atoms with Crippen LogP contribution in [0.2, 0.25) is 0 Å². The summed E-state index contributed by atoms with van der Waals surface area (Å²) in [6, 6.07) is 3.32. The van der Waals surface area contributed by atoms with Crippen molar-refractivity contribution in [2.75, 3.05) is 5.73 Å². The van der Waals surface area contributed by atoms with E-state index in [-0.39, 0.29) is 10.9 Å². The Morgan fingerprint density at radius 2 is 1.89 bits per heavy atom. The number of aryl methyl sites for hydroxylation is 1. The smallest absolute Gasteiger partial charge is 0.241 e. The molecular formula is C13H19BrN2O2S. The SMILES string of the molecule is Cc1cc(Br)c(N)cc1S(=O)(=O)NC1CCCCC1. The second-order valence-corrected chi connectivity index (χ2v) is 7.63. The van der Waals surface area contributed by atoms with Crippen molar-refractivity contribution in [1.29, 1.82) is 0 Å². The van der Waals surface area contributed by atoms with Crippen LogP contribution in [0.1, 0.15) is 37.7 Å². The van der Waals surface area contributed by atoms with Crippen LogP contribution in [0.4, 0.5) is 5.69 Å². The van der Waals surface area contributed by atoms with Gasteiger partial charge in [0.2, 0.25) is 10.0 Å². The topological polar surface area (TPSA) is 72.2 Å². The van der Waals surface area contributed by atoms with Gasteiger partial charge in [-0.25, -0.2) is 13.1 Å². The molecule has 0 atom stereocenters. The van der Waals surface area contributed by atoms with Gasteiger partial charge in [0.05, 0.1) is 4.90 Å². The normalized spacial score (nSPS) is 17.6. The first-order chi connectivity index (χ1) is 8.90. The van der Waals surface area contributed by atoms with Crippen LogP contribution in [-0.4, -0.2) is 14.5 Å². The summed E-state index contributed by atoms with van der Waals surface area (Å²) in [6.07, 6.45) is 5.22. The maximum atomic E-state index is 12.4. The Morgan fingerprint density at radius 1 is 1.26 bits per heavy atom. The third-order valence-electron chi connectivity index (χ3n) is 3.51. The lowest BCUT2D eigenvalue weighted by Crippen LogP contribution is -2.36. The Bertz CT molecular complexity index is 566. The fraction of sp³-hybridized carbons (Fsp3) is 0.538. The standard InChI is InChI=1S/C13H19BrN2O2S/c1-9-7-11(14)12(15)8-13(9)19(17,18)16-10-5-3-2-4-6-10/h7-8,10,16H,2-6,15H2,1H3. The van der Waals surface area contributed by atoms with Crippen LogP contribution >= 0.6 is 15.9 Å². The van der Waals surface area contributed by atoms with Gasteiger partial charge in [0.25, 0.3) is 0 Å². The maximum Gasteiger partial charge on any atom is 0.241 e. The van der Waals surface area contributed by atoms with Gasteiger partial charge in [-0.05, 0) is 53.4 Å². The van der Waals surface area contributed by atoms with E-state index in [2.05, 4.69) is 20.7 Å². The zero-order chi connectivity index (χ0) is 14.0. The molecule has 106 valence electrons. The summed E-state index contributed by atoms with van der Waals surface area (Å²) in [6.45, 7) is 1.78. The quantitative estimate of drug-likeness (QED) is 0.826. The van der Waals surface area contributed by atoms with Crippen LogP contribution in [0.15, 0.2) is 21.5 Å². The summed E-state index contributed by atoms with van der Waals surface area (Å²) in [7, 11) is -3.48. The highest BCUT2D eigenvalue weighted by atomic mass is 79.9. The summed E-state index contributed by atoms with van der Waals surface area (Å²) in [4.78, 5) is 0.277. The summed E-state index contributed by atoms with van der Waals surface area (Å²) in [5.41, 5.74) is 6.92. The molecular weight excluding hydrogens is 328 g/mol. The largest absolute Gasteiger partial charge is 0.398 e. The first-order valence-corrected chi connectivity index (χ1v) is 8.76. The maximum absolute atomic E-state index is 12.4. The first kappa shape index (κ1) is 14.8. The highest BCUT2D eigenvalue weighted by molar-refractivity contribution is 9.10. The Balaban J connectivity index is 2.26. The minimum Gasteiger partial charge on any atom is -0.398 e. The van der Waals surface area contributed by atoms with Crippen LogP contribution in [0.25, 0.3) is 0 Å². The number of nitrogens with two attached hydrogens (primary N) is 1. The summed E-state index contributed by atoms with van der Waals surface area (Å²) in [5, 5.41) is 0. The second-order valence-electron chi connectivity index (χ2n) is 5.10. The zero-order valence-electron chi connectivity index (χ0n) is 10.9. The molecule has 1 saturated carbocycles. The Morgan fingerprint density at radius 3 is 2.53 bits per heavy atom. The minimum absolute atomic E-state index is 0.0584. The third-order valence-corrected chi connectivity index (χ3v) is 5.86. The van der Waals surface area contributed by atoms with Crippen LogP contribution in [-0.2, 0) is 10.0 Å². The molecule has 4 nitrogen and oxygen atoms in total. The van der Waals surface area contributed by atoms with E-state index in [9.17, 15) is 8.42 Å². The van der Waals surface area contributed by atoms with E-state index in [0.29, 0.717) is 11.3 Å². The zero-order valence-corrected chi connectivity index (χ0v) is 13.4. The number of hydrogen-bond donors (Lipinski definition) is 2.